The van der Waals surface area contributed by atoms with Gasteiger partial charge in [0.15, 0.2) is 0 Å². The molecule has 0 unspecified atom stereocenters. The van der Waals surface area contributed by atoms with Gasteiger partial charge in [-0.3, -0.25) is 4.79 Å². The van der Waals surface area contributed by atoms with Crippen LogP contribution in [-0.2, 0) is 20.8 Å². The van der Waals surface area contributed by atoms with Gasteiger partial charge in [-0.15, -0.1) is 10.2 Å². The lowest BCUT2D eigenvalue weighted by molar-refractivity contribution is -0.155. The minimum absolute atomic E-state index is 0.0221. The quantitative estimate of drug-likeness (QED) is 0.365. The topological polar surface area (TPSA) is 117 Å². The second-order valence-electron chi connectivity index (χ2n) is 10.5. The van der Waals surface area contributed by atoms with Crippen molar-refractivity contribution in [1.29, 1.82) is 0 Å². The predicted molar refractivity (Wildman–Crippen MR) is 138 cm³/mol. The summed E-state index contributed by atoms with van der Waals surface area (Å²) in [5.74, 6) is -0.345. The van der Waals surface area contributed by atoms with Crippen molar-refractivity contribution in [3.05, 3.63) is 53.3 Å². The number of nitrogens with zero attached hydrogens (tertiary/aromatic N) is 4. The molecule has 0 bridgehead atoms. The number of hydrogen-bond donors (Lipinski definition) is 1. The summed E-state index contributed by atoms with van der Waals surface area (Å²) >= 11 is 5.87. The van der Waals surface area contributed by atoms with Crippen molar-refractivity contribution < 1.29 is 28.2 Å². The van der Waals surface area contributed by atoms with Crippen LogP contribution in [0.3, 0.4) is 0 Å². The highest BCUT2D eigenvalue weighted by atomic mass is 35.5. The van der Waals surface area contributed by atoms with E-state index in [1.165, 1.54) is 16.9 Å². The van der Waals surface area contributed by atoms with Crippen LogP contribution in [0.25, 0.3) is 11.4 Å². The first-order valence-corrected chi connectivity index (χ1v) is 12.3. The fraction of sp³-hybridized carbons (Fsp3) is 0.423. The molecule has 1 atom stereocenters. The number of halogens is 2. The van der Waals surface area contributed by atoms with Crippen molar-refractivity contribution in [2.75, 3.05) is 0 Å². The molecule has 0 aliphatic carbocycles. The Balaban J connectivity index is 1.73. The molecular weight excluding hydrogens is 517 g/mol. The normalized spacial score (nSPS) is 12.5. The minimum atomic E-state index is -0.776. The second-order valence-corrected chi connectivity index (χ2v) is 10.9. The molecule has 0 fully saturated rings. The monoisotopic (exact) mass is 547 g/mol. The van der Waals surface area contributed by atoms with Crippen LogP contribution in [0.1, 0.15) is 48.0 Å². The molecule has 0 saturated heterocycles. The number of aromatic nitrogens is 4. The number of amides is 1. The predicted octanol–water partition coefficient (Wildman–Crippen LogP) is 5.55. The molecule has 3 rings (SSSR count). The number of hydrogen-bond acceptors (Lipinski definition) is 8. The Morgan fingerprint density at radius 3 is 2.24 bits per heavy atom. The summed E-state index contributed by atoms with van der Waals surface area (Å²) in [4.78, 5) is 26.0. The summed E-state index contributed by atoms with van der Waals surface area (Å²) in [5.41, 5.74) is -1.34. The number of benzene rings is 2. The van der Waals surface area contributed by atoms with Gasteiger partial charge >= 0.3 is 12.1 Å². The largest absolute Gasteiger partial charge is 0.460 e. The highest BCUT2D eigenvalue weighted by Crippen LogP contribution is 2.27. The van der Waals surface area contributed by atoms with Gasteiger partial charge in [0.05, 0.1) is 24.6 Å². The Hall–Kier alpha value is -3.73. The molecule has 1 heterocycles. The second kappa shape index (κ2) is 11.8. The lowest BCUT2D eigenvalue weighted by Gasteiger charge is -2.24. The van der Waals surface area contributed by atoms with Crippen molar-refractivity contribution in [3.63, 3.8) is 0 Å². The molecule has 12 heteroatoms. The summed E-state index contributed by atoms with van der Waals surface area (Å²) in [7, 11) is 0. The number of carbonyl (C=O) groups excluding carboxylic acids is 2. The number of carbonyl (C=O) groups is 2. The Morgan fingerprint density at radius 2 is 1.63 bits per heavy atom. The summed E-state index contributed by atoms with van der Waals surface area (Å²) in [6.45, 7) is 10.4. The van der Waals surface area contributed by atoms with Crippen LogP contribution in [0.15, 0.2) is 42.5 Å². The summed E-state index contributed by atoms with van der Waals surface area (Å²) in [5, 5.41) is 15.3. The molecule has 0 saturated carbocycles. The molecular formula is C26H31ClFN5O5. The van der Waals surface area contributed by atoms with Crippen molar-refractivity contribution in [3.8, 4) is 22.9 Å². The van der Waals surface area contributed by atoms with Crippen LogP contribution in [0.4, 0.5) is 9.18 Å². The van der Waals surface area contributed by atoms with Crippen molar-refractivity contribution >= 4 is 23.7 Å². The first-order chi connectivity index (χ1) is 17.7. The van der Waals surface area contributed by atoms with Gasteiger partial charge in [-0.05, 0) is 83.2 Å². The lowest BCUT2D eigenvalue weighted by atomic mass is 10.1. The third-order valence-corrected chi connectivity index (χ3v) is 4.87. The Labute approximate surface area is 225 Å². The standard InChI is InChI=1S/C26H31ClFN5O5/c1-25(2,3)37-22(34)13-17(29-24(35)38-26(4,5)6)15-33-31-23(30-32-33)20-12-11-19(14-21(20)28)36-18-9-7-16(27)8-10-18/h7-12,14,17H,13,15H2,1-6H3,(H,29,35)/t17-/m0/s1. The van der Waals surface area contributed by atoms with E-state index in [0.29, 0.717) is 10.8 Å². The zero-order valence-electron chi connectivity index (χ0n) is 22.1. The molecule has 0 aliphatic heterocycles. The zero-order valence-corrected chi connectivity index (χ0v) is 22.9. The van der Waals surface area contributed by atoms with E-state index in [1.54, 1.807) is 71.9 Å². The van der Waals surface area contributed by atoms with Crippen LogP contribution in [-0.4, -0.2) is 49.5 Å². The molecule has 0 aliphatic rings. The van der Waals surface area contributed by atoms with E-state index in [4.69, 9.17) is 25.8 Å². The van der Waals surface area contributed by atoms with E-state index in [-0.39, 0.29) is 30.1 Å². The fourth-order valence-electron chi connectivity index (χ4n) is 3.22. The smallest absolute Gasteiger partial charge is 0.407 e. The zero-order chi connectivity index (χ0) is 28.1. The first-order valence-electron chi connectivity index (χ1n) is 11.9. The average Bonchev–Trinajstić information content (AvgIpc) is 3.20. The van der Waals surface area contributed by atoms with Crippen LogP contribution in [0.2, 0.25) is 5.02 Å². The summed E-state index contributed by atoms with van der Waals surface area (Å²) in [6.07, 6.45) is -0.882. The summed E-state index contributed by atoms with van der Waals surface area (Å²) in [6, 6.07) is 10.1. The van der Waals surface area contributed by atoms with Gasteiger partial charge in [0.1, 0.15) is 28.5 Å². The Bertz CT molecular complexity index is 1240. The van der Waals surface area contributed by atoms with Gasteiger partial charge in [0, 0.05) is 11.1 Å². The number of esters is 1. The molecule has 204 valence electrons. The molecule has 0 spiro atoms. The lowest BCUT2D eigenvalue weighted by Crippen LogP contribution is -2.43. The third-order valence-electron chi connectivity index (χ3n) is 4.62. The molecule has 1 aromatic heterocycles. The third kappa shape index (κ3) is 9.29. The van der Waals surface area contributed by atoms with E-state index >= 15 is 0 Å². The van der Waals surface area contributed by atoms with E-state index in [2.05, 4.69) is 20.7 Å². The Morgan fingerprint density at radius 1 is 1.00 bits per heavy atom. The van der Waals surface area contributed by atoms with Crippen LogP contribution in [0.5, 0.6) is 11.5 Å². The highest BCUT2D eigenvalue weighted by Gasteiger charge is 2.26. The number of nitrogens with one attached hydrogen (secondary N) is 1. The maximum atomic E-state index is 14.9. The van der Waals surface area contributed by atoms with E-state index in [0.717, 1.165) is 0 Å². The van der Waals surface area contributed by atoms with Crippen LogP contribution < -0.4 is 10.1 Å². The maximum absolute atomic E-state index is 14.9. The number of ether oxygens (including phenoxy) is 3. The average molecular weight is 548 g/mol. The van der Waals surface area contributed by atoms with E-state index in [1.807, 2.05) is 0 Å². The molecule has 1 amide bonds. The highest BCUT2D eigenvalue weighted by molar-refractivity contribution is 6.30. The van der Waals surface area contributed by atoms with Gasteiger partial charge in [-0.25, -0.2) is 9.18 Å². The molecule has 1 N–H and O–H groups in total. The molecule has 2 aromatic carbocycles. The first kappa shape index (κ1) is 28.8. The number of alkyl carbamates (subject to hydrolysis) is 1. The van der Waals surface area contributed by atoms with Gasteiger partial charge in [-0.2, -0.15) is 4.80 Å². The van der Waals surface area contributed by atoms with E-state index < -0.39 is 35.1 Å². The number of rotatable bonds is 8. The van der Waals surface area contributed by atoms with E-state index in [9.17, 15) is 14.0 Å². The minimum Gasteiger partial charge on any atom is -0.460 e. The molecule has 10 nitrogen and oxygen atoms in total. The molecule has 3 aromatic rings. The van der Waals surface area contributed by atoms with Gasteiger partial charge in [-0.1, -0.05) is 11.6 Å². The van der Waals surface area contributed by atoms with Crippen LogP contribution >= 0.6 is 11.6 Å². The van der Waals surface area contributed by atoms with Gasteiger partial charge < -0.3 is 19.5 Å². The number of tetrazole rings is 1. The SMILES string of the molecule is CC(C)(C)OC(=O)C[C@@H](Cn1nnc(-c2ccc(Oc3ccc(Cl)cc3)cc2F)n1)NC(=O)OC(C)(C)C. The summed E-state index contributed by atoms with van der Waals surface area (Å²) < 4.78 is 31.2. The molecule has 0 radical (unpaired) electrons. The van der Waals surface area contributed by atoms with Crippen molar-refractivity contribution in [2.45, 2.75) is 71.8 Å². The van der Waals surface area contributed by atoms with Gasteiger partial charge in [0.25, 0.3) is 0 Å². The van der Waals surface area contributed by atoms with Gasteiger partial charge in [0.2, 0.25) is 5.82 Å². The fourth-order valence-corrected chi connectivity index (χ4v) is 3.35. The molecule has 38 heavy (non-hydrogen) atoms. The van der Waals surface area contributed by atoms with Crippen LogP contribution in [0, 0.1) is 5.82 Å². The Kier molecular flexibility index (Phi) is 8.93. The maximum Gasteiger partial charge on any atom is 0.407 e. The van der Waals surface area contributed by atoms with Crippen molar-refractivity contribution in [1.82, 2.24) is 25.5 Å². The van der Waals surface area contributed by atoms with Crippen molar-refractivity contribution in [2.24, 2.45) is 0 Å².